The molecule has 7 heteroatoms. The van der Waals surface area contributed by atoms with E-state index in [1.165, 1.54) is 22.2 Å². The van der Waals surface area contributed by atoms with Crippen LogP contribution in [0, 0.1) is 19.8 Å². The number of aryl methyl sites for hydroxylation is 2. The Morgan fingerprint density at radius 1 is 1.29 bits per heavy atom. The molecule has 0 fully saturated rings. The van der Waals surface area contributed by atoms with Crippen LogP contribution < -0.4 is 5.56 Å². The molecule has 1 aliphatic carbocycles. The molecule has 180 valence electrons. The Bertz CT molecular complexity index is 1490. The molecule has 1 unspecified atom stereocenters. The molecule has 0 saturated carbocycles. The average Bonchev–Trinajstić information content (AvgIpc) is 3.35. The van der Waals surface area contributed by atoms with Gasteiger partial charge in [0.1, 0.15) is 4.83 Å². The number of carbonyl (C=O) groups is 1. The molecule has 0 radical (unpaired) electrons. The van der Waals surface area contributed by atoms with Crippen LogP contribution in [0.2, 0.25) is 0 Å². The normalized spacial score (nSPS) is 15.3. The van der Waals surface area contributed by atoms with E-state index in [4.69, 9.17) is 4.98 Å². The van der Waals surface area contributed by atoms with E-state index in [9.17, 15) is 9.59 Å². The number of benzene rings is 1. The lowest BCUT2D eigenvalue weighted by Gasteiger charge is -2.17. The molecule has 3 heterocycles. The third-order valence-corrected chi connectivity index (χ3v) is 8.89. The monoisotopic (exact) mass is 503 g/mol. The summed E-state index contributed by atoms with van der Waals surface area (Å²) in [5, 5.41) is 1.35. The van der Waals surface area contributed by atoms with Gasteiger partial charge in [-0.2, -0.15) is 0 Å². The van der Waals surface area contributed by atoms with Crippen LogP contribution in [0.4, 0.5) is 0 Å². The lowest BCUT2D eigenvalue weighted by molar-refractivity contribution is 0.102. The average molecular weight is 504 g/mol. The molecular weight excluding hydrogens is 474 g/mol. The van der Waals surface area contributed by atoms with Crippen LogP contribution in [0.15, 0.2) is 59.0 Å². The first kappa shape index (κ1) is 23.8. The summed E-state index contributed by atoms with van der Waals surface area (Å²) in [6.45, 7) is 10.5. The second-order valence-electron chi connectivity index (χ2n) is 9.30. The van der Waals surface area contributed by atoms with Crippen LogP contribution in [0.5, 0.6) is 0 Å². The molecule has 1 aromatic carbocycles. The lowest BCUT2D eigenvalue weighted by atomic mass is 9.89. The number of hydrogen-bond donors (Lipinski definition) is 0. The molecule has 0 saturated heterocycles. The number of hydrogen-bond acceptors (Lipinski definition) is 5. The molecule has 5 nitrogen and oxygen atoms in total. The summed E-state index contributed by atoms with van der Waals surface area (Å²) in [5.41, 5.74) is 4.85. The quantitative estimate of drug-likeness (QED) is 0.131. The number of fused-ring (bicyclic) bond motifs is 3. The number of nitrogens with zero attached hydrogens (tertiary/aromatic N) is 3. The third-order valence-electron chi connectivity index (χ3n) is 6.77. The van der Waals surface area contributed by atoms with Crippen LogP contribution in [0.25, 0.3) is 15.9 Å². The second-order valence-corrected chi connectivity index (χ2v) is 11.3. The van der Waals surface area contributed by atoms with Crippen molar-refractivity contribution in [2.45, 2.75) is 51.7 Å². The van der Waals surface area contributed by atoms with Crippen LogP contribution in [0.3, 0.4) is 0 Å². The maximum atomic E-state index is 13.5. The number of rotatable bonds is 7. The van der Waals surface area contributed by atoms with Crippen molar-refractivity contribution in [1.29, 1.82) is 0 Å². The maximum absolute atomic E-state index is 13.5. The van der Waals surface area contributed by atoms with Crippen LogP contribution in [-0.2, 0) is 19.4 Å². The van der Waals surface area contributed by atoms with E-state index in [0.717, 1.165) is 46.6 Å². The first-order valence-corrected chi connectivity index (χ1v) is 13.8. The summed E-state index contributed by atoms with van der Waals surface area (Å²) in [6.07, 6.45) is 4.76. The number of para-hydroxylation sites is 1. The minimum atomic E-state index is -0.0147. The zero-order chi connectivity index (χ0) is 24.7. The third kappa shape index (κ3) is 4.32. The fraction of sp³-hybridized carbons (Fsp3) is 0.321. The molecule has 0 spiro atoms. The molecule has 1 aliphatic rings. The lowest BCUT2D eigenvalue weighted by Crippen LogP contribution is -2.24. The van der Waals surface area contributed by atoms with Crippen molar-refractivity contribution in [3.05, 3.63) is 86.8 Å². The zero-order valence-electron chi connectivity index (χ0n) is 20.3. The van der Waals surface area contributed by atoms with Gasteiger partial charge in [-0.05, 0) is 62.8 Å². The Balaban J connectivity index is 1.46. The number of thioether (sulfide) groups is 1. The van der Waals surface area contributed by atoms with E-state index < -0.39 is 0 Å². The summed E-state index contributed by atoms with van der Waals surface area (Å²) in [7, 11) is 0. The number of ketones is 1. The van der Waals surface area contributed by atoms with Gasteiger partial charge in [0.2, 0.25) is 0 Å². The van der Waals surface area contributed by atoms with Gasteiger partial charge in [0.25, 0.3) is 5.56 Å². The van der Waals surface area contributed by atoms with Crippen molar-refractivity contribution in [1.82, 2.24) is 14.1 Å². The summed E-state index contributed by atoms with van der Waals surface area (Å²) in [4.78, 5) is 33.8. The molecular formula is C28H29N3O2S2. The van der Waals surface area contributed by atoms with Crippen LogP contribution >= 0.6 is 23.1 Å². The summed E-state index contributed by atoms with van der Waals surface area (Å²) in [5.74, 6) is 0.882. The fourth-order valence-electron chi connectivity index (χ4n) is 5.03. The SMILES string of the molecule is C=CCn1c(SCC(=O)c2cc(C)n(-c3ccccc3)c2C)nc2sc3c(c2c1=O)CCC(C)C3. The molecule has 0 N–H and O–H groups in total. The van der Waals surface area contributed by atoms with Gasteiger partial charge in [0.05, 0.1) is 11.1 Å². The highest BCUT2D eigenvalue weighted by Gasteiger charge is 2.25. The van der Waals surface area contributed by atoms with E-state index in [2.05, 4.69) is 18.1 Å². The Labute approximate surface area is 213 Å². The van der Waals surface area contributed by atoms with Crippen LogP contribution in [0.1, 0.15) is 45.5 Å². The Morgan fingerprint density at radius 3 is 2.80 bits per heavy atom. The maximum Gasteiger partial charge on any atom is 0.263 e. The molecule has 1 atom stereocenters. The second kappa shape index (κ2) is 9.63. The van der Waals surface area contributed by atoms with Crippen molar-refractivity contribution in [3.8, 4) is 5.69 Å². The van der Waals surface area contributed by atoms with E-state index in [1.807, 2.05) is 50.2 Å². The summed E-state index contributed by atoms with van der Waals surface area (Å²) >= 11 is 2.98. The molecule has 35 heavy (non-hydrogen) atoms. The zero-order valence-corrected chi connectivity index (χ0v) is 22.0. The minimum Gasteiger partial charge on any atom is -0.318 e. The van der Waals surface area contributed by atoms with Gasteiger partial charge in [-0.1, -0.05) is 43.0 Å². The number of carbonyl (C=O) groups excluding carboxylic acids is 1. The number of Topliss-reactive ketones (excluding diaryl/α,β-unsaturated/α-hetero) is 1. The van der Waals surface area contributed by atoms with Crippen molar-refractivity contribution >= 4 is 39.1 Å². The van der Waals surface area contributed by atoms with Gasteiger partial charge in [-0.3, -0.25) is 14.2 Å². The van der Waals surface area contributed by atoms with Gasteiger partial charge in [-0.25, -0.2) is 4.98 Å². The number of allylic oxidation sites excluding steroid dienone is 1. The fourth-order valence-corrected chi connectivity index (χ4v) is 7.35. The molecule has 5 rings (SSSR count). The first-order chi connectivity index (χ1) is 16.9. The number of aromatic nitrogens is 3. The van der Waals surface area contributed by atoms with Crippen molar-refractivity contribution < 1.29 is 4.79 Å². The summed E-state index contributed by atoms with van der Waals surface area (Å²) < 4.78 is 3.78. The first-order valence-electron chi connectivity index (χ1n) is 11.9. The van der Waals surface area contributed by atoms with Crippen molar-refractivity contribution in [3.63, 3.8) is 0 Å². The number of thiophene rings is 1. The molecule has 4 aromatic rings. The Hall–Kier alpha value is -2.90. The molecule has 0 bridgehead atoms. The standard InChI is InChI=1S/C28H29N3O2S2/c1-5-13-30-27(33)25-21-12-11-17(2)14-24(21)35-26(25)29-28(30)34-16-23(32)22-15-18(3)31(19(22)4)20-9-7-6-8-10-20/h5-10,15,17H,1,11-14,16H2,2-4H3. The van der Waals surface area contributed by atoms with E-state index in [-0.39, 0.29) is 17.1 Å². The highest BCUT2D eigenvalue weighted by molar-refractivity contribution is 7.99. The van der Waals surface area contributed by atoms with Crippen LogP contribution in [-0.4, -0.2) is 25.7 Å². The minimum absolute atomic E-state index is 0.0147. The van der Waals surface area contributed by atoms with Crippen molar-refractivity contribution in [2.75, 3.05) is 5.75 Å². The predicted molar refractivity (Wildman–Crippen MR) is 146 cm³/mol. The highest BCUT2D eigenvalue weighted by atomic mass is 32.2. The topological polar surface area (TPSA) is 56.9 Å². The summed E-state index contributed by atoms with van der Waals surface area (Å²) in [6, 6.07) is 12.0. The van der Waals surface area contributed by atoms with E-state index in [1.54, 1.807) is 22.0 Å². The van der Waals surface area contributed by atoms with Gasteiger partial charge >= 0.3 is 0 Å². The Kier molecular flexibility index (Phi) is 6.55. The molecule has 0 amide bonds. The largest absolute Gasteiger partial charge is 0.318 e. The van der Waals surface area contributed by atoms with E-state index >= 15 is 0 Å². The molecule has 0 aliphatic heterocycles. The Morgan fingerprint density at radius 2 is 2.06 bits per heavy atom. The highest BCUT2D eigenvalue weighted by Crippen LogP contribution is 2.36. The van der Waals surface area contributed by atoms with Crippen molar-refractivity contribution in [2.24, 2.45) is 5.92 Å². The van der Waals surface area contributed by atoms with Gasteiger partial charge in [0.15, 0.2) is 10.9 Å². The van der Waals surface area contributed by atoms with Gasteiger partial charge in [0, 0.05) is 34.1 Å². The van der Waals surface area contributed by atoms with Gasteiger partial charge in [-0.15, -0.1) is 17.9 Å². The smallest absolute Gasteiger partial charge is 0.263 e. The molecule has 3 aromatic heterocycles. The predicted octanol–water partition coefficient (Wildman–Crippen LogP) is 6.15. The van der Waals surface area contributed by atoms with Gasteiger partial charge < -0.3 is 4.57 Å². The van der Waals surface area contributed by atoms with E-state index in [0.29, 0.717) is 23.2 Å².